The lowest BCUT2D eigenvalue weighted by Gasteiger charge is -2.37. The molecule has 90 valence electrons. The second kappa shape index (κ2) is 5.29. The van der Waals surface area contributed by atoms with Crippen LogP contribution in [0.3, 0.4) is 0 Å². The number of alkyl halides is 1. The Morgan fingerprint density at radius 3 is 2.13 bits per heavy atom. The molecule has 0 aromatic carbocycles. The van der Waals surface area contributed by atoms with Crippen LogP contribution in [0.4, 0.5) is 4.39 Å². The molecule has 0 heterocycles. The van der Waals surface area contributed by atoms with E-state index in [0.29, 0.717) is 11.5 Å². The number of nitrogens with one attached hydrogen (secondary N) is 1. The molecule has 0 amide bonds. The zero-order valence-electron chi connectivity index (χ0n) is 10.6. The first-order chi connectivity index (χ1) is 6.93. The Morgan fingerprint density at radius 1 is 1.20 bits per heavy atom. The molecule has 0 saturated heterocycles. The molecule has 0 aromatic heterocycles. The topological polar surface area (TPSA) is 12.0 Å². The summed E-state index contributed by atoms with van der Waals surface area (Å²) in [4.78, 5) is 0. The molecule has 1 atom stereocenters. The van der Waals surface area contributed by atoms with Crippen molar-refractivity contribution in [1.82, 2.24) is 5.32 Å². The van der Waals surface area contributed by atoms with Crippen LogP contribution in [0.25, 0.3) is 0 Å². The molecule has 0 bridgehead atoms. The third-order valence-corrected chi connectivity index (χ3v) is 3.70. The van der Waals surface area contributed by atoms with Crippen LogP contribution in [0.15, 0.2) is 0 Å². The minimum Gasteiger partial charge on any atom is -0.309 e. The van der Waals surface area contributed by atoms with Gasteiger partial charge in [0, 0.05) is 12.1 Å². The van der Waals surface area contributed by atoms with E-state index in [1.807, 2.05) is 6.92 Å². The maximum atomic E-state index is 12.3. The van der Waals surface area contributed by atoms with E-state index >= 15 is 0 Å². The van der Waals surface area contributed by atoms with E-state index in [-0.39, 0.29) is 12.7 Å². The quantitative estimate of drug-likeness (QED) is 0.759. The van der Waals surface area contributed by atoms with Crippen molar-refractivity contribution in [1.29, 1.82) is 0 Å². The minimum atomic E-state index is -0.251. The Hall–Kier alpha value is -0.110. The Morgan fingerprint density at radius 2 is 1.73 bits per heavy atom. The average Bonchev–Trinajstić information content (AvgIpc) is 2.17. The fraction of sp³-hybridized carbons (Fsp3) is 1.00. The van der Waals surface area contributed by atoms with Crippen molar-refractivity contribution in [3.05, 3.63) is 0 Å². The summed E-state index contributed by atoms with van der Waals surface area (Å²) in [6.07, 6.45) is 5.01. The van der Waals surface area contributed by atoms with Gasteiger partial charge in [-0.2, -0.15) is 0 Å². The zero-order valence-corrected chi connectivity index (χ0v) is 10.6. The van der Waals surface area contributed by atoms with Crippen LogP contribution in [-0.4, -0.2) is 18.8 Å². The molecule has 1 aliphatic carbocycles. The summed E-state index contributed by atoms with van der Waals surface area (Å²) in [5, 5.41) is 3.37. The van der Waals surface area contributed by atoms with Gasteiger partial charge in [0.1, 0.15) is 6.67 Å². The molecule has 0 spiro atoms. The molecule has 1 unspecified atom stereocenters. The molecular formula is C13H26FN. The molecule has 15 heavy (non-hydrogen) atoms. The highest BCUT2D eigenvalue weighted by molar-refractivity contribution is 4.84. The lowest BCUT2D eigenvalue weighted by atomic mass is 9.71. The van der Waals surface area contributed by atoms with E-state index in [0.717, 1.165) is 5.92 Å². The second-order valence-electron chi connectivity index (χ2n) is 6.14. The van der Waals surface area contributed by atoms with Crippen molar-refractivity contribution in [2.24, 2.45) is 11.3 Å². The van der Waals surface area contributed by atoms with Crippen LogP contribution in [0.5, 0.6) is 0 Å². The monoisotopic (exact) mass is 215 g/mol. The number of hydrogen-bond donors (Lipinski definition) is 1. The van der Waals surface area contributed by atoms with E-state index in [1.165, 1.54) is 25.7 Å². The molecule has 1 fully saturated rings. The largest absolute Gasteiger partial charge is 0.309 e. The first kappa shape index (κ1) is 13.0. The lowest BCUT2D eigenvalue weighted by molar-refractivity contribution is 0.154. The molecule has 0 aliphatic heterocycles. The van der Waals surface area contributed by atoms with Gasteiger partial charge in [0.25, 0.3) is 0 Å². The molecule has 2 heteroatoms. The normalized spacial score (nSPS) is 30.2. The van der Waals surface area contributed by atoms with Gasteiger partial charge in [0.15, 0.2) is 0 Å². The first-order valence-electron chi connectivity index (χ1n) is 6.25. The number of hydrogen-bond acceptors (Lipinski definition) is 1. The Bertz CT molecular complexity index is 177. The van der Waals surface area contributed by atoms with Gasteiger partial charge in [-0.15, -0.1) is 0 Å². The lowest BCUT2D eigenvalue weighted by Crippen LogP contribution is -2.41. The summed E-state index contributed by atoms with van der Waals surface area (Å²) in [7, 11) is 0. The van der Waals surface area contributed by atoms with Gasteiger partial charge in [-0.1, -0.05) is 20.8 Å². The molecule has 0 radical (unpaired) electrons. The van der Waals surface area contributed by atoms with E-state index in [2.05, 4.69) is 26.1 Å². The third kappa shape index (κ3) is 4.10. The Kier molecular flexibility index (Phi) is 4.57. The van der Waals surface area contributed by atoms with Crippen molar-refractivity contribution in [2.45, 2.75) is 65.5 Å². The Balaban J connectivity index is 2.30. The van der Waals surface area contributed by atoms with Gasteiger partial charge >= 0.3 is 0 Å². The van der Waals surface area contributed by atoms with Gasteiger partial charge < -0.3 is 5.32 Å². The first-order valence-corrected chi connectivity index (χ1v) is 6.25. The summed E-state index contributed by atoms with van der Waals surface area (Å²) in [6.45, 7) is 8.66. The molecule has 1 aliphatic rings. The fourth-order valence-corrected chi connectivity index (χ4v) is 2.57. The summed E-state index contributed by atoms with van der Waals surface area (Å²) in [5.74, 6) is 0.844. The smallest absolute Gasteiger partial charge is 0.104 e. The second-order valence-corrected chi connectivity index (χ2v) is 6.14. The third-order valence-electron chi connectivity index (χ3n) is 3.70. The van der Waals surface area contributed by atoms with Crippen LogP contribution >= 0.6 is 0 Å². The van der Waals surface area contributed by atoms with Crippen LogP contribution in [-0.2, 0) is 0 Å². The van der Waals surface area contributed by atoms with E-state index in [9.17, 15) is 4.39 Å². The van der Waals surface area contributed by atoms with Gasteiger partial charge in [-0.3, -0.25) is 0 Å². The minimum absolute atomic E-state index is 0.0289. The maximum Gasteiger partial charge on any atom is 0.104 e. The summed E-state index contributed by atoms with van der Waals surface area (Å²) >= 11 is 0. The molecule has 1 saturated carbocycles. The molecule has 1 N–H and O–H groups in total. The average molecular weight is 215 g/mol. The summed E-state index contributed by atoms with van der Waals surface area (Å²) in [5.41, 5.74) is 0.441. The summed E-state index contributed by atoms with van der Waals surface area (Å²) < 4.78 is 12.3. The van der Waals surface area contributed by atoms with E-state index in [1.54, 1.807) is 0 Å². The van der Waals surface area contributed by atoms with Gasteiger partial charge in [-0.25, -0.2) is 4.39 Å². The van der Waals surface area contributed by atoms with Crippen molar-refractivity contribution in [2.75, 3.05) is 6.67 Å². The number of rotatable bonds is 3. The molecule has 1 nitrogen and oxygen atoms in total. The van der Waals surface area contributed by atoms with Crippen LogP contribution in [0.2, 0.25) is 0 Å². The highest BCUT2D eigenvalue weighted by Gasteiger charge is 2.29. The highest BCUT2D eigenvalue weighted by atomic mass is 19.1. The molecule has 0 aromatic rings. The SMILES string of the molecule is CC(CF)NC1CCC(C(C)(C)C)CC1. The standard InChI is InChI=1S/C13H26FN/c1-10(9-14)15-12-7-5-11(6-8-12)13(2,3)4/h10-12,15H,5-9H2,1-4H3. The van der Waals surface area contributed by atoms with Crippen molar-refractivity contribution in [3.8, 4) is 0 Å². The fourth-order valence-electron chi connectivity index (χ4n) is 2.57. The van der Waals surface area contributed by atoms with Crippen LogP contribution in [0, 0.1) is 11.3 Å². The van der Waals surface area contributed by atoms with E-state index in [4.69, 9.17) is 0 Å². The van der Waals surface area contributed by atoms with E-state index < -0.39 is 0 Å². The van der Waals surface area contributed by atoms with Crippen molar-refractivity contribution in [3.63, 3.8) is 0 Å². The summed E-state index contributed by atoms with van der Waals surface area (Å²) in [6, 6.07) is 0.579. The Labute approximate surface area is 93.8 Å². The van der Waals surface area contributed by atoms with Gasteiger partial charge in [0.2, 0.25) is 0 Å². The van der Waals surface area contributed by atoms with Crippen molar-refractivity contribution >= 4 is 0 Å². The van der Waals surface area contributed by atoms with Crippen molar-refractivity contribution < 1.29 is 4.39 Å². The predicted molar refractivity (Wildman–Crippen MR) is 63.8 cm³/mol. The van der Waals surface area contributed by atoms with Gasteiger partial charge in [-0.05, 0) is 43.9 Å². The molecular weight excluding hydrogens is 189 g/mol. The van der Waals surface area contributed by atoms with Crippen LogP contribution < -0.4 is 5.32 Å². The van der Waals surface area contributed by atoms with Crippen LogP contribution in [0.1, 0.15) is 53.4 Å². The molecule has 1 rings (SSSR count). The number of halogens is 1. The predicted octanol–water partition coefficient (Wildman–Crippen LogP) is 3.54. The maximum absolute atomic E-state index is 12.3. The highest BCUT2D eigenvalue weighted by Crippen LogP contribution is 2.37. The van der Waals surface area contributed by atoms with Gasteiger partial charge in [0.05, 0.1) is 0 Å². The zero-order chi connectivity index (χ0) is 11.5.